The number of carbonyl (C=O) groups is 1. The van der Waals surface area contributed by atoms with Crippen LogP contribution in [0.3, 0.4) is 0 Å². The molecule has 0 saturated carbocycles. The van der Waals surface area contributed by atoms with Crippen molar-refractivity contribution in [2.24, 2.45) is 0 Å². The lowest BCUT2D eigenvalue weighted by atomic mass is 10.0. The maximum absolute atomic E-state index is 12.5. The first-order valence-corrected chi connectivity index (χ1v) is 4.44. The summed E-state index contributed by atoms with van der Waals surface area (Å²) in [5.41, 5.74) is -1.46. The summed E-state index contributed by atoms with van der Waals surface area (Å²) in [5, 5.41) is 11.3. The normalized spacial score (nSPS) is 11.5. The van der Waals surface area contributed by atoms with Gasteiger partial charge in [-0.15, -0.1) is 0 Å². The fourth-order valence-corrected chi connectivity index (χ4v) is 1.33. The monoisotopic (exact) mass is 233 g/mol. The minimum atomic E-state index is -4.66. The van der Waals surface area contributed by atoms with Crippen LogP contribution in [0.15, 0.2) is 18.2 Å². The van der Waals surface area contributed by atoms with Crippen molar-refractivity contribution >= 4 is 5.97 Å². The number of carboxylic acid groups (broad SMARTS) is 1. The highest BCUT2D eigenvalue weighted by molar-refractivity contribution is 5.89. The van der Waals surface area contributed by atoms with Crippen molar-refractivity contribution in [3.05, 3.63) is 34.9 Å². The Morgan fingerprint density at radius 2 is 2.06 bits per heavy atom. The maximum atomic E-state index is 12.5. The quantitative estimate of drug-likeness (QED) is 0.840. The van der Waals surface area contributed by atoms with Gasteiger partial charge in [-0.2, -0.15) is 13.2 Å². The molecule has 0 atom stereocenters. The van der Waals surface area contributed by atoms with Crippen molar-refractivity contribution in [3.63, 3.8) is 0 Å². The van der Waals surface area contributed by atoms with Crippen LogP contribution in [0.1, 0.15) is 21.5 Å². The van der Waals surface area contributed by atoms with E-state index in [1.54, 1.807) is 7.05 Å². The van der Waals surface area contributed by atoms with Gasteiger partial charge in [0.25, 0.3) is 0 Å². The molecule has 2 N–H and O–H groups in total. The molecule has 0 saturated heterocycles. The number of hydrogen-bond acceptors (Lipinski definition) is 2. The molecule has 0 bridgehead atoms. The Hall–Kier alpha value is -1.56. The van der Waals surface area contributed by atoms with E-state index in [4.69, 9.17) is 5.11 Å². The number of hydrogen-bond donors (Lipinski definition) is 2. The van der Waals surface area contributed by atoms with Gasteiger partial charge in [-0.05, 0) is 24.7 Å². The minimum absolute atomic E-state index is 0.253. The van der Waals surface area contributed by atoms with Crippen LogP contribution in [0.5, 0.6) is 0 Å². The summed E-state index contributed by atoms with van der Waals surface area (Å²) in [4.78, 5) is 10.6. The molecular formula is C10H10F3NO2. The zero-order valence-corrected chi connectivity index (χ0v) is 8.43. The van der Waals surface area contributed by atoms with Gasteiger partial charge in [0.2, 0.25) is 0 Å². The highest BCUT2D eigenvalue weighted by Crippen LogP contribution is 2.32. The third kappa shape index (κ3) is 2.73. The zero-order chi connectivity index (χ0) is 12.3. The van der Waals surface area contributed by atoms with Crippen molar-refractivity contribution in [1.29, 1.82) is 0 Å². The van der Waals surface area contributed by atoms with E-state index in [0.29, 0.717) is 5.56 Å². The lowest BCUT2D eigenvalue weighted by molar-refractivity contribution is -0.138. The van der Waals surface area contributed by atoms with Gasteiger partial charge in [0.1, 0.15) is 0 Å². The molecule has 0 amide bonds. The molecule has 0 radical (unpaired) electrons. The average molecular weight is 233 g/mol. The van der Waals surface area contributed by atoms with Crippen LogP contribution in [0, 0.1) is 0 Å². The Kier molecular flexibility index (Phi) is 3.54. The fraction of sp³-hybridized carbons (Fsp3) is 0.300. The Balaban J connectivity index is 3.27. The molecule has 1 aromatic rings. The third-order valence-electron chi connectivity index (χ3n) is 2.00. The average Bonchev–Trinajstić information content (AvgIpc) is 2.16. The van der Waals surface area contributed by atoms with Crippen molar-refractivity contribution in [1.82, 2.24) is 5.32 Å². The predicted octanol–water partition coefficient (Wildman–Crippen LogP) is 2.12. The van der Waals surface area contributed by atoms with Crippen molar-refractivity contribution in [2.45, 2.75) is 12.7 Å². The molecule has 16 heavy (non-hydrogen) atoms. The zero-order valence-electron chi connectivity index (χ0n) is 8.43. The number of alkyl halides is 3. The number of benzene rings is 1. The lowest BCUT2D eigenvalue weighted by Gasteiger charge is -2.11. The summed E-state index contributed by atoms with van der Waals surface area (Å²) in [5.74, 6) is -1.58. The molecule has 6 heteroatoms. The van der Waals surface area contributed by atoms with Crippen molar-refractivity contribution in [2.75, 3.05) is 7.05 Å². The van der Waals surface area contributed by atoms with Crippen LogP contribution in [-0.4, -0.2) is 18.1 Å². The Morgan fingerprint density at radius 3 is 2.50 bits per heavy atom. The van der Waals surface area contributed by atoms with Gasteiger partial charge in [0.15, 0.2) is 0 Å². The number of carboxylic acids is 1. The smallest absolute Gasteiger partial charge is 0.417 e. The van der Waals surface area contributed by atoms with E-state index < -0.39 is 23.3 Å². The summed E-state index contributed by atoms with van der Waals surface area (Å²) < 4.78 is 37.6. The molecule has 1 aromatic carbocycles. The second-order valence-electron chi connectivity index (χ2n) is 3.21. The molecule has 0 unspecified atom stereocenters. The Labute approximate surface area is 89.9 Å². The molecule has 0 aliphatic heterocycles. The molecule has 1 rings (SSSR count). The van der Waals surface area contributed by atoms with Crippen LogP contribution in [0.25, 0.3) is 0 Å². The van der Waals surface area contributed by atoms with Gasteiger partial charge in [-0.1, -0.05) is 6.07 Å². The lowest BCUT2D eigenvalue weighted by Crippen LogP contribution is -2.14. The topological polar surface area (TPSA) is 49.3 Å². The van der Waals surface area contributed by atoms with Gasteiger partial charge in [-0.25, -0.2) is 4.79 Å². The first-order valence-electron chi connectivity index (χ1n) is 4.44. The van der Waals surface area contributed by atoms with Crippen LogP contribution < -0.4 is 5.32 Å². The third-order valence-corrected chi connectivity index (χ3v) is 2.00. The molecular weight excluding hydrogens is 223 g/mol. The highest BCUT2D eigenvalue weighted by Gasteiger charge is 2.35. The summed E-state index contributed by atoms with van der Waals surface area (Å²) in [6.07, 6.45) is -4.66. The minimum Gasteiger partial charge on any atom is -0.478 e. The summed E-state index contributed by atoms with van der Waals surface area (Å²) >= 11 is 0. The van der Waals surface area contributed by atoms with Crippen LogP contribution >= 0.6 is 0 Å². The van der Waals surface area contributed by atoms with E-state index in [9.17, 15) is 18.0 Å². The molecule has 0 fully saturated rings. The van der Waals surface area contributed by atoms with E-state index in [1.807, 2.05) is 0 Å². The molecule has 0 heterocycles. The van der Waals surface area contributed by atoms with Crippen LogP contribution in [0.2, 0.25) is 0 Å². The molecule has 88 valence electrons. The second kappa shape index (κ2) is 4.52. The summed E-state index contributed by atoms with van der Waals surface area (Å²) in [6.45, 7) is 0.253. The first kappa shape index (κ1) is 12.5. The maximum Gasteiger partial charge on any atom is 0.417 e. The molecule has 0 spiro atoms. The SMILES string of the molecule is CNCc1ccc(C(=O)O)c(C(F)(F)F)c1. The number of nitrogens with one attached hydrogen (secondary N) is 1. The van der Waals surface area contributed by atoms with Gasteiger partial charge in [0.05, 0.1) is 11.1 Å². The van der Waals surface area contributed by atoms with E-state index in [2.05, 4.69) is 5.32 Å². The van der Waals surface area contributed by atoms with Gasteiger partial charge < -0.3 is 10.4 Å². The van der Waals surface area contributed by atoms with E-state index in [1.165, 1.54) is 6.07 Å². The predicted molar refractivity (Wildman–Crippen MR) is 51.2 cm³/mol. The number of aromatic carboxylic acids is 1. The van der Waals surface area contributed by atoms with E-state index in [-0.39, 0.29) is 6.54 Å². The number of halogens is 3. The van der Waals surface area contributed by atoms with Gasteiger partial charge in [0, 0.05) is 6.54 Å². The molecule has 3 nitrogen and oxygen atoms in total. The standard InChI is InChI=1S/C10H10F3NO2/c1-14-5-6-2-3-7(9(15)16)8(4-6)10(11,12)13/h2-4,14H,5H2,1H3,(H,15,16). The Bertz CT molecular complexity index is 402. The van der Waals surface area contributed by atoms with E-state index in [0.717, 1.165) is 12.1 Å². The summed E-state index contributed by atoms with van der Waals surface area (Å²) in [7, 11) is 1.60. The van der Waals surface area contributed by atoms with Crippen molar-refractivity contribution < 1.29 is 23.1 Å². The van der Waals surface area contributed by atoms with E-state index >= 15 is 0 Å². The summed E-state index contributed by atoms with van der Waals surface area (Å²) in [6, 6.07) is 3.17. The second-order valence-corrected chi connectivity index (χ2v) is 3.21. The van der Waals surface area contributed by atoms with Crippen LogP contribution in [0.4, 0.5) is 13.2 Å². The fourth-order valence-electron chi connectivity index (χ4n) is 1.33. The Morgan fingerprint density at radius 1 is 1.44 bits per heavy atom. The molecule has 0 aliphatic carbocycles. The van der Waals surface area contributed by atoms with Gasteiger partial charge >= 0.3 is 12.1 Å². The molecule has 0 aliphatic rings. The first-order chi connectivity index (χ1) is 7.36. The highest BCUT2D eigenvalue weighted by atomic mass is 19.4. The molecule has 0 aromatic heterocycles. The van der Waals surface area contributed by atoms with Gasteiger partial charge in [-0.3, -0.25) is 0 Å². The van der Waals surface area contributed by atoms with Crippen LogP contribution in [-0.2, 0) is 12.7 Å². The van der Waals surface area contributed by atoms with Crippen molar-refractivity contribution in [3.8, 4) is 0 Å². The number of rotatable bonds is 3. The largest absolute Gasteiger partial charge is 0.478 e.